The average molecular weight is 321 g/mol. The molecule has 1 aliphatic carbocycles. The summed E-state index contributed by atoms with van der Waals surface area (Å²) >= 11 is 0. The third-order valence-electron chi connectivity index (χ3n) is 4.25. The van der Waals surface area contributed by atoms with Gasteiger partial charge in [-0.25, -0.2) is 4.79 Å². The van der Waals surface area contributed by atoms with E-state index in [1.54, 1.807) is 18.2 Å². The van der Waals surface area contributed by atoms with E-state index >= 15 is 0 Å². The molecule has 0 spiro atoms. The van der Waals surface area contributed by atoms with Gasteiger partial charge in [0.15, 0.2) is 17.6 Å². The fourth-order valence-electron chi connectivity index (χ4n) is 2.97. The van der Waals surface area contributed by atoms with Crippen LogP contribution in [0.2, 0.25) is 0 Å². The Labute approximate surface area is 138 Å². The van der Waals surface area contributed by atoms with E-state index in [0.717, 1.165) is 17.4 Å². The summed E-state index contributed by atoms with van der Waals surface area (Å²) in [5.41, 5.74) is 1.95. The van der Waals surface area contributed by atoms with E-state index < -0.39 is 12.1 Å². The molecule has 5 nitrogen and oxygen atoms in total. The van der Waals surface area contributed by atoms with E-state index in [9.17, 15) is 9.59 Å². The van der Waals surface area contributed by atoms with Gasteiger partial charge in [0.2, 0.25) is 0 Å². The van der Waals surface area contributed by atoms with Crippen LogP contribution in [-0.4, -0.2) is 23.0 Å². The van der Waals surface area contributed by atoms with Crippen molar-refractivity contribution in [1.82, 2.24) is 5.16 Å². The first kappa shape index (κ1) is 14.6. The molecule has 120 valence electrons. The summed E-state index contributed by atoms with van der Waals surface area (Å²) in [6.45, 7) is 0. The molecule has 0 amide bonds. The number of esters is 1. The van der Waals surface area contributed by atoms with Crippen LogP contribution in [0.1, 0.15) is 29.6 Å². The van der Waals surface area contributed by atoms with Crippen molar-refractivity contribution in [2.75, 3.05) is 0 Å². The van der Waals surface area contributed by atoms with Crippen molar-refractivity contribution in [2.24, 2.45) is 0 Å². The normalized spacial score (nSPS) is 17.3. The molecule has 0 bridgehead atoms. The van der Waals surface area contributed by atoms with Gasteiger partial charge < -0.3 is 9.26 Å². The number of aromatic nitrogens is 1. The molecule has 5 heteroatoms. The predicted octanol–water partition coefficient (Wildman–Crippen LogP) is 3.77. The van der Waals surface area contributed by atoms with Crippen LogP contribution in [0, 0.1) is 0 Å². The van der Waals surface area contributed by atoms with Gasteiger partial charge in [0, 0.05) is 12.0 Å². The smallest absolute Gasteiger partial charge is 0.338 e. The van der Waals surface area contributed by atoms with Crippen molar-refractivity contribution < 1.29 is 18.8 Å². The summed E-state index contributed by atoms with van der Waals surface area (Å²) in [5.74, 6) is 0.119. The first-order chi connectivity index (χ1) is 11.7. The number of rotatable bonds is 3. The highest BCUT2D eigenvalue weighted by molar-refractivity contribution is 5.99. The number of carbonyl (C=O) groups is 2. The second-order valence-electron chi connectivity index (χ2n) is 5.86. The van der Waals surface area contributed by atoms with E-state index in [0.29, 0.717) is 29.7 Å². The number of Topliss-reactive ketones (excluding diaryl/α,β-unsaturated/α-hetero) is 1. The lowest BCUT2D eigenvalue weighted by Crippen LogP contribution is -2.21. The molecule has 0 radical (unpaired) electrons. The first-order valence-corrected chi connectivity index (χ1v) is 7.91. The highest BCUT2D eigenvalue weighted by atomic mass is 16.5. The Balaban J connectivity index is 1.67. The van der Waals surface area contributed by atoms with E-state index in [1.807, 2.05) is 30.3 Å². The number of ketones is 1. The lowest BCUT2D eigenvalue weighted by Gasteiger charge is -2.10. The monoisotopic (exact) mass is 321 g/mol. The molecule has 1 saturated carbocycles. The van der Waals surface area contributed by atoms with E-state index in [4.69, 9.17) is 9.26 Å². The fraction of sp³-hybridized carbons (Fsp3) is 0.211. The summed E-state index contributed by atoms with van der Waals surface area (Å²) in [7, 11) is 0. The number of carbonyl (C=O) groups excluding carboxylic acids is 2. The molecule has 1 aliphatic rings. The molecule has 1 atom stereocenters. The molecule has 1 aromatic heterocycles. The third-order valence-corrected chi connectivity index (χ3v) is 4.25. The molecule has 2 aromatic carbocycles. The molecule has 0 N–H and O–H groups in total. The number of nitrogens with zero attached hydrogens (tertiary/aromatic N) is 1. The van der Waals surface area contributed by atoms with Gasteiger partial charge in [-0.1, -0.05) is 35.5 Å². The molecule has 1 fully saturated rings. The summed E-state index contributed by atoms with van der Waals surface area (Å²) in [6, 6.07) is 14.6. The van der Waals surface area contributed by atoms with Crippen LogP contribution in [0.15, 0.2) is 53.1 Å². The number of hydrogen-bond acceptors (Lipinski definition) is 5. The standard InChI is InChI=1S/C19H15NO4/c21-16-7-4-8-17(16)23-19(22)13-9-10-15-14(11-13)18(24-20-15)12-5-2-1-3-6-12/h1-3,5-6,9-11,17H,4,7-8H2/t17-/m1/s1. The van der Waals surface area contributed by atoms with Crippen molar-refractivity contribution >= 4 is 22.7 Å². The van der Waals surface area contributed by atoms with Gasteiger partial charge in [-0.05, 0) is 31.0 Å². The quantitative estimate of drug-likeness (QED) is 0.687. The van der Waals surface area contributed by atoms with Crippen molar-refractivity contribution in [3.8, 4) is 11.3 Å². The Morgan fingerprint density at radius 1 is 1.17 bits per heavy atom. The molecular formula is C19H15NO4. The molecule has 0 saturated heterocycles. The highest BCUT2D eigenvalue weighted by Gasteiger charge is 2.28. The Morgan fingerprint density at radius 3 is 2.75 bits per heavy atom. The van der Waals surface area contributed by atoms with E-state index in [1.165, 1.54) is 0 Å². The average Bonchev–Trinajstić information content (AvgIpc) is 3.21. The van der Waals surface area contributed by atoms with Crippen molar-refractivity contribution in [3.63, 3.8) is 0 Å². The molecule has 3 aromatic rings. The zero-order valence-corrected chi connectivity index (χ0v) is 12.9. The second kappa shape index (κ2) is 5.92. The first-order valence-electron chi connectivity index (χ1n) is 7.91. The topological polar surface area (TPSA) is 69.4 Å². The van der Waals surface area contributed by atoms with Crippen LogP contribution in [0.3, 0.4) is 0 Å². The van der Waals surface area contributed by atoms with Crippen molar-refractivity contribution in [2.45, 2.75) is 25.4 Å². The van der Waals surface area contributed by atoms with Crippen molar-refractivity contribution in [3.05, 3.63) is 54.1 Å². The second-order valence-corrected chi connectivity index (χ2v) is 5.86. The van der Waals surface area contributed by atoms with Gasteiger partial charge in [-0.15, -0.1) is 0 Å². The highest BCUT2D eigenvalue weighted by Crippen LogP contribution is 2.29. The van der Waals surface area contributed by atoms with Gasteiger partial charge >= 0.3 is 5.97 Å². The Bertz CT molecular complexity index is 914. The summed E-state index contributed by atoms with van der Waals surface area (Å²) in [6.07, 6.45) is 1.26. The number of benzene rings is 2. The zero-order chi connectivity index (χ0) is 16.5. The van der Waals surface area contributed by atoms with Crippen molar-refractivity contribution in [1.29, 1.82) is 0 Å². The SMILES string of the molecule is O=C(O[C@@H]1CCCC1=O)c1ccc2noc(-c3ccccc3)c2c1. The minimum absolute atomic E-state index is 0.000574. The van der Waals surface area contributed by atoms with Gasteiger partial charge in [0.25, 0.3) is 0 Å². The summed E-state index contributed by atoms with van der Waals surface area (Å²) < 4.78 is 10.8. The molecule has 1 heterocycles. The minimum atomic E-state index is -0.607. The van der Waals surface area contributed by atoms with Gasteiger partial charge in [0.1, 0.15) is 5.52 Å². The third kappa shape index (κ3) is 2.58. The maximum Gasteiger partial charge on any atom is 0.338 e. The predicted molar refractivity (Wildman–Crippen MR) is 87.5 cm³/mol. The lowest BCUT2D eigenvalue weighted by atomic mass is 10.1. The Morgan fingerprint density at radius 2 is 2.00 bits per heavy atom. The molecular weight excluding hydrogens is 306 g/mol. The maximum atomic E-state index is 12.3. The van der Waals surface area contributed by atoms with E-state index in [-0.39, 0.29) is 5.78 Å². The van der Waals surface area contributed by atoms with Crippen LogP contribution in [0.4, 0.5) is 0 Å². The van der Waals surface area contributed by atoms with Gasteiger partial charge in [-0.3, -0.25) is 4.79 Å². The maximum absolute atomic E-state index is 12.3. The van der Waals surface area contributed by atoms with Gasteiger partial charge in [-0.2, -0.15) is 0 Å². The molecule has 4 rings (SSSR count). The number of hydrogen-bond donors (Lipinski definition) is 0. The summed E-state index contributed by atoms with van der Waals surface area (Å²) in [5, 5.41) is 4.77. The minimum Gasteiger partial charge on any atom is -0.451 e. The van der Waals surface area contributed by atoms with Gasteiger partial charge in [0.05, 0.1) is 10.9 Å². The zero-order valence-electron chi connectivity index (χ0n) is 12.9. The lowest BCUT2D eigenvalue weighted by molar-refractivity contribution is -0.124. The van der Waals surface area contributed by atoms with Crippen LogP contribution >= 0.6 is 0 Å². The fourth-order valence-corrected chi connectivity index (χ4v) is 2.97. The molecule has 0 aliphatic heterocycles. The van der Waals surface area contributed by atoms with Crippen LogP contribution < -0.4 is 0 Å². The summed E-state index contributed by atoms with van der Waals surface area (Å²) in [4.78, 5) is 24.0. The van der Waals surface area contributed by atoms with Crippen LogP contribution in [0.25, 0.3) is 22.2 Å². The van der Waals surface area contributed by atoms with Crippen LogP contribution in [-0.2, 0) is 9.53 Å². The molecule has 0 unspecified atom stereocenters. The van der Waals surface area contributed by atoms with E-state index in [2.05, 4.69) is 5.16 Å². The Kier molecular flexibility index (Phi) is 3.61. The Hall–Kier alpha value is -2.95. The number of fused-ring (bicyclic) bond motifs is 1. The number of ether oxygens (including phenoxy) is 1. The largest absolute Gasteiger partial charge is 0.451 e. The molecule has 24 heavy (non-hydrogen) atoms. The van der Waals surface area contributed by atoms with Crippen LogP contribution in [0.5, 0.6) is 0 Å².